The second-order valence-corrected chi connectivity index (χ2v) is 7.67. The molecule has 0 saturated carbocycles. The topological polar surface area (TPSA) is 84.4 Å². The Morgan fingerprint density at radius 1 is 1.06 bits per heavy atom. The number of nitrogens with zero attached hydrogens (tertiary/aromatic N) is 1. The van der Waals surface area contributed by atoms with E-state index in [1.807, 2.05) is 0 Å². The molecule has 176 valence electrons. The van der Waals surface area contributed by atoms with Crippen molar-refractivity contribution in [2.24, 2.45) is 11.5 Å². The number of hydrogen-bond acceptors (Lipinski definition) is 3. The molecule has 1 aliphatic carbocycles. The van der Waals surface area contributed by atoms with Crippen molar-refractivity contribution < 1.29 is 35.5 Å². The minimum Gasteiger partial charge on any atom is -0.405 e. The summed E-state index contributed by atoms with van der Waals surface area (Å²) in [6.45, 7) is 0.324. The van der Waals surface area contributed by atoms with Crippen molar-refractivity contribution in [3.05, 3.63) is 59.1 Å². The quantitative estimate of drug-likeness (QED) is 0.464. The molecule has 2 amide bonds. The Balaban J connectivity index is 1.88. The van der Waals surface area contributed by atoms with E-state index < -0.39 is 29.6 Å². The first-order valence-corrected chi connectivity index (χ1v) is 9.68. The lowest BCUT2D eigenvalue weighted by Crippen LogP contribution is -2.50. The number of allylic oxidation sites excluding steroid dienone is 1. The first-order chi connectivity index (χ1) is 14.8. The molecule has 2 atom stereocenters. The van der Waals surface area contributed by atoms with Gasteiger partial charge in [-0.2, -0.15) is 26.3 Å². The van der Waals surface area contributed by atoms with Gasteiger partial charge in [0.1, 0.15) is 0 Å². The van der Waals surface area contributed by atoms with E-state index in [1.165, 1.54) is 12.3 Å². The average molecular weight is 466 g/mol. The van der Waals surface area contributed by atoms with E-state index in [4.69, 9.17) is 11.5 Å². The molecular formula is C20H21F7N4O. The summed E-state index contributed by atoms with van der Waals surface area (Å²) in [6, 6.07) is 1.53. The maximum atomic E-state index is 14.4. The highest BCUT2D eigenvalue weighted by Crippen LogP contribution is 2.54. The smallest absolute Gasteiger partial charge is 0.405 e. The number of benzene rings is 1. The molecule has 1 fully saturated rings. The van der Waals surface area contributed by atoms with Gasteiger partial charge in [-0.05, 0) is 42.7 Å². The summed E-state index contributed by atoms with van der Waals surface area (Å²) in [7, 11) is 0. The number of likely N-dealkylation sites (tertiary alicyclic amines) is 1. The third kappa shape index (κ3) is 3.86. The first kappa shape index (κ1) is 23.7. The molecule has 2 aliphatic rings. The maximum absolute atomic E-state index is 14.4. The normalized spacial score (nSPS) is 22.1. The zero-order chi connectivity index (χ0) is 23.9. The van der Waals surface area contributed by atoms with Crippen LogP contribution >= 0.6 is 0 Å². The van der Waals surface area contributed by atoms with Crippen LogP contribution in [0.25, 0.3) is 0 Å². The van der Waals surface area contributed by atoms with Crippen molar-refractivity contribution in [2.75, 3.05) is 6.54 Å². The second kappa shape index (κ2) is 8.21. The average Bonchev–Trinajstić information content (AvgIpc) is 3.15. The van der Waals surface area contributed by atoms with E-state index >= 15 is 0 Å². The molecule has 1 saturated heterocycles. The molecule has 1 heterocycles. The fraction of sp³-hybridized carbons (Fsp3) is 0.450. The molecule has 1 aromatic rings. The van der Waals surface area contributed by atoms with E-state index in [0.29, 0.717) is 37.1 Å². The Kier molecular flexibility index (Phi) is 6.09. The maximum Gasteiger partial charge on any atom is 0.435 e. The molecular weight excluding hydrogens is 445 g/mol. The first-order valence-electron chi connectivity index (χ1n) is 9.68. The fourth-order valence-electron chi connectivity index (χ4n) is 4.45. The molecule has 2 unspecified atom stereocenters. The van der Waals surface area contributed by atoms with Crippen molar-refractivity contribution >= 4 is 6.03 Å². The summed E-state index contributed by atoms with van der Waals surface area (Å²) in [5, 5.41) is 2.59. The largest absolute Gasteiger partial charge is 0.435 e. The van der Waals surface area contributed by atoms with Gasteiger partial charge in [0.25, 0.3) is 0 Å². The zero-order valence-corrected chi connectivity index (χ0v) is 16.6. The second-order valence-electron chi connectivity index (χ2n) is 7.67. The summed E-state index contributed by atoms with van der Waals surface area (Å²) >= 11 is 0. The number of hydrogen-bond donors (Lipinski definition) is 3. The number of carbonyl (C=O) groups is 1. The summed E-state index contributed by atoms with van der Waals surface area (Å²) in [5.41, 5.74) is 4.74. The van der Waals surface area contributed by atoms with Crippen LogP contribution in [0.3, 0.4) is 0 Å². The van der Waals surface area contributed by atoms with Crippen LogP contribution in [0.2, 0.25) is 0 Å². The van der Waals surface area contributed by atoms with Gasteiger partial charge >= 0.3 is 24.1 Å². The van der Waals surface area contributed by atoms with Gasteiger partial charge in [0, 0.05) is 30.3 Å². The SMILES string of the molecule is N/C=C\C(=C/N)NC(=O)N1CCC2c3ccc(C(F)(C(F)(F)F)C(F)(F)F)cc3CCC21. The number of amides is 2. The highest BCUT2D eigenvalue weighted by molar-refractivity contribution is 5.77. The molecule has 0 spiro atoms. The third-order valence-electron chi connectivity index (χ3n) is 5.94. The van der Waals surface area contributed by atoms with Crippen molar-refractivity contribution in [2.45, 2.75) is 49.2 Å². The van der Waals surface area contributed by atoms with Crippen molar-refractivity contribution in [3.63, 3.8) is 0 Å². The number of rotatable bonds is 3. The van der Waals surface area contributed by atoms with Crippen LogP contribution in [0.5, 0.6) is 0 Å². The van der Waals surface area contributed by atoms with Crippen LogP contribution in [-0.2, 0) is 12.1 Å². The number of fused-ring (bicyclic) bond motifs is 3. The predicted molar refractivity (Wildman–Crippen MR) is 102 cm³/mol. The molecule has 0 bridgehead atoms. The van der Waals surface area contributed by atoms with Gasteiger partial charge in [-0.15, -0.1) is 0 Å². The number of halogens is 7. The predicted octanol–water partition coefficient (Wildman–Crippen LogP) is 4.06. The molecule has 3 rings (SSSR count). The van der Waals surface area contributed by atoms with E-state index in [9.17, 15) is 35.5 Å². The lowest BCUT2D eigenvalue weighted by atomic mass is 9.77. The van der Waals surface area contributed by atoms with Crippen LogP contribution in [-0.4, -0.2) is 35.9 Å². The third-order valence-corrected chi connectivity index (χ3v) is 5.94. The standard InChI is InChI=1S/C20H21F7N4O/c21-18(19(22,23)24,20(25,26)27)12-2-3-14-11(9-12)1-4-16-15(14)6-8-31(16)17(32)30-13(10-29)5-7-28/h2-3,5,7,9-10,15-16H,1,4,6,8,28-29H2,(H,30,32)/b7-5-,13-10+. The lowest BCUT2D eigenvalue weighted by molar-refractivity contribution is -0.348. The number of carbonyl (C=O) groups excluding carboxylic acids is 1. The summed E-state index contributed by atoms with van der Waals surface area (Å²) in [6.07, 6.45) is -7.74. The Hall–Kier alpha value is -2.92. The summed E-state index contributed by atoms with van der Waals surface area (Å²) < 4.78 is 93.0. The van der Waals surface area contributed by atoms with Crippen LogP contribution in [0, 0.1) is 0 Å². The van der Waals surface area contributed by atoms with E-state index in [2.05, 4.69) is 5.32 Å². The van der Waals surface area contributed by atoms with Crippen LogP contribution in [0.4, 0.5) is 35.5 Å². The number of nitrogens with one attached hydrogen (secondary N) is 1. The number of aryl methyl sites for hydroxylation is 1. The molecule has 0 aromatic heterocycles. The van der Waals surface area contributed by atoms with Gasteiger partial charge in [0.05, 0.1) is 5.70 Å². The Morgan fingerprint density at radius 2 is 1.72 bits per heavy atom. The molecule has 1 aliphatic heterocycles. The van der Waals surface area contributed by atoms with Gasteiger partial charge < -0.3 is 21.7 Å². The molecule has 12 heteroatoms. The number of nitrogens with two attached hydrogens (primary N) is 2. The minimum atomic E-state index is -6.16. The van der Waals surface area contributed by atoms with Gasteiger partial charge in [0.2, 0.25) is 0 Å². The Labute approximate surface area is 178 Å². The Bertz CT molecular complexity index is 925. The highest BCUT2D eigenvalue weighted by Gasteiger charge is 2.73. The zero-order valence-electron chi connectivity index (χ0n) is 16.6. The molecule has 5 N–H and O–H groups in total. The molecule has 5 nitrogen and oxygen atoms in total. The fourth-order valence-corrected chi connectivity index (χ4v) is 4.45. The van der Waals surface area contributed by atoms with Crippen LogP contribution in [0.15, 0.2) is 42.4 Å². The van der Waals surface area contributed by atoms with Gasteiger partial charge in [-0.25, -0.2) is 9.18 Å². The summed E-state index contributed by atoms with van der Waals surface area (Å²) in [5.74, 6) is -0.292. The summed E-state index contributed by atoms with van der Waals surface area (Å²) in [4.78, 5) is 14.1. The van der Waals surface area contributed by atoms with E-state index in [1.54, 1.807) is 4.90 Å². The number of urea groups is 1. The van der Waals surface area contributed by atoms with E-state index in [0.717, 1.165) is 12.3 Å². The van der Waals surface area contributed by atoms with Crippen molar-refractivity contribution in [1.29, 1.82) is 0 Å². The lowest BCUT2D eigenvalue weighted by Gasteiger charge is -2.35. The van der Waals surface area contributed by atoms with Gasteiger partial charge in [0.15, 0.2) is 0 Å². The van der Waals surface area contributed by atoms with Crippen molar-refractivity contribution in [1.82, 2.24) is 10.2 Å². The van der Waals surface area contributed by atoms with Gasteiger partial charge in [-0.1, -0.05) is 18.2 Å². The van der Waals surface area contributed by atoms with E-state index in [-0.39, 0.29) is 29.6 Å². The minimum absolute atomic E-state index is 0.0994. The monoisotopic (exact) mass is 466 g/mol. The molecule has 32 heavy (non-hydrogen) atoms. The number of alkyl halides is 7. The van der Waals surface area contributed by atoms with Crippen LogP contribution < -0.4 is 16.8 Å². The molecule has 1 aromatic carbocycles. The van der Waals surface area contributed by atoms with Crippen molar-refractivity contribution in [3.8, 4) is 0 Å². The van der Waals surface area contributed by atoms with Crippen LogP contribution in [0.1, 0.15) is 35.4 Å². The van der Waals surface area contributed by atoms with Gasteiger partial charge in [-0.3, -0.25) is 0 Å². The molecule has 0 radical (unpaired) electrons. The highest BCUT2D eigenvalue weighted by atomic mass is 19.4. The Morgan fingerprint density at radius 3 is 2.28 bits per heavy atom.